The number of esters is 1. The molecule has 0 aromatic carbocycles. The van der Waals surface area contributed by atoms with E-state index in [0.717, 1.165) is 5.92 Å². The van der Waals surface area contributed by atoms with Crippen LogP contribution in [0.25, 0.3) is 0 Å². The van der Waals surface area contributed by atoms with Crippen LogP contribution in [-0.2, 0) is 9.53 Å². The van der Waals surface area contributed by atoms with Gasteiger partial charge in [0.15, 0.2) is 0 Å². The fourth-order valence-corrected chi connectivity index (χ4v) is 2.49. The Kier molecular flexibility index (Phi) is 3.76. The minimum atomic E-state index is -0.0439. The predicted octanol–water partition coefficient (Wildman–Crippen LogP) is 2.62. The Hall–Kier alpha value is -0.530. The molecule has 0 bridgehead atoms. The molecular weight excluding hydrogens is 164 g/mol. The first kappa shape index (κ1) is 10.6. The van der Waals surface area contributed by atoms with Gasteiger partial charge in [-0.2, -0.15) is 0 Å². The average molecular weight is 184 g/mol. The largest absolute Gasteiger partial charge is 0.469 e. The molecule has 0 spiro atoms. The molecule has 76 valence electrons. The van der Waals surface area contributed by atoms with Gasteiger partial charge in [0, 0.05) is 6.42 Å². The third-order valence-corrected chi connectivity index (χ3v) is 3.23. The van der Waals surface area contributed by atoms with Crippen LogP contribution < -0.4 is 0 Å². The molecule has 1 saturated carbocycles. The Morgan fingerprint density at radius 1 is 1.46 bits per heavy atom. The van der Waals surface area contributed by atoms with Gasteiger partial charge in [-0.25, -0.2) is 0 Å². The Balaban J connectivity index is 2.44. The smallest absolute Gasteiger partial charge is 0.305 e. The lowest BCUT2D eigenvalue weighted by atomic mass is 9.84. The maximum Gasteiger partial charge on any atom is 0.305 e. The van der Waals surface area contributed by atoms with E-state index in [-0.39, 0.29) is 5.97 Å². The van der Waals surface area contributed by atoms with Gasteiger partial charge in [0.1, 0.15) is 0 Å². The monoisotopic (exact) mass is 184 g/mol. The lowest BCUT2D eigenvalue weighted by Crippen LogP contribution is -2.18. The molecule has 0 aromatic heterocycles. The summed E-state index contributed by atoms with van der Waals surface area (Å²) in [5.41, 5.74) is 0. The summed E-state index contributed by atoms with van der Waals surface area (Å²) < 4.78 is 4.70. The van der Waals surface area contributed by atoms with Gasteiger partial charge in [-0.15, -0.1) is 0 Å². The van der Waals surface area contributed by atoms with Gasteiger partial charge in [-0.3, -0.25) is 4.79 Å². The molecule has 1 fully saturated rings. The zero-order valence-electron chi connectivity index (χ0n) is 8.88. The summed E-state index contributed by atoms with van der Waals surface area (Å²) in [6, 6.07) is 0. The molecule has 2 atom stereocenters. The van der Waals surface area contributed by atoms with Crippen molar-refractivity contribution in [1.82, 2.24) is 0 Å². The summed E-state index contributed by atoms with van der Waals surface area (Å²) in [6.45, 7) is 4.50. The van der Waals surface area contributed by atoms with E-state index in [1.807, 2.05) is 0 Å². The first-order chi connectivity index (χ1) is 6.15. The van der Waals surface area contributed by atoms with E-state index in [1.54, 1.807) is 0 Å². The Bertz CT molecular complexity index is 175. The van der Waals surface area contributed by atoms with Crippen molar-refractivity contribution in [3.8, 4) is 0 Å². The first-order valence-corrected chi connectivity index (χ1v) is 5.22. The molecule has 2 heteroatoms. The number of rotatable bonds is 3. The van der Waals surface area contributed by atoms with Gasteiger partial charge >= 0.3 is 5.97 Å². The van der Waals surface area contributed by atoms with Gasteiger partial charge in [0.25, 0.3) is 0 Å². The summed E-state index contributed by atoms with van der Waals surface area (Å²) >= 11 is 0. The molecule has 0 amide bonds. The maximum absolute atomic E-state index is 11.1. The van der Waals surface area contributed by atoms with Crippen molar-refractivity contribution in [3.05, 3.63) is 0 Å². The van der Waals surface area contributed by atoms with Crippen molar-refractivity contribution >= 4 is 5.97 Å². The van der Waals surface area contributed by atoms with E-state index in [4.69, 9.17) is 4.74 Å². The van der Waals surface area contributed by atoms with Crippen LogP contribution >= 0.6 is 0 Å². The molecule has 2 nitrogen and oxygen atoms in total. The molecule has 2 unspecified atom stereocenters. The van der Waals surface area contributed by atoms with E-state index in [9.17, 15) is 4.79 Å². The molecule has 0 saturated heterocycles. The normalized spacial score (nSPS) is 28.0. The van der Waals surface area contributed by atoms with Crippen LogP contribution in [0.4, 0.5) is 0 Å². The van der Waals surface area contributed by atoms with E-state index in [2.05, 4.69) is 13.8 Å². The summed E-state index contributed by atoms with van der Waals surface area (Å²) in [5.74, 6) is 1.97. The highest BCUT2D eigenvalue weighted by Gasteiger charge is 2.31. The summed E-state index contributed by atoms with van der Waals surface area (Å²) in [4.78, 5) is 11.1. The number of ether oxygens (including phenoxy) is 1. The van der Waals surface area contributed by atoms with Crippen LogP contribution in [0.5, 0.6) is 0 Å². The van der Waals surface area contributed by atoms with Crippen molar-refractivity contribution in [2.45, 2.75) is 39.5 Å². The molecule has 0 N–H and O–H groups in total. The van der Waals surface area contributed by atoms with Crippen LogP contribution in [0.1, 0.15) is 39.5 Å². The number of hydrogen-bond acceptors (Lipinski definition) is 2. The highest BCUT2D eigenvalue weighted by atomic mass is 16.5. The molecule has 13 heavy (non-hydrogen) atoms. The molecule has 1 aliphatic carbocycles. The van der Waals surface area contributed by atoms with E-state index in [1.165, 1.54) is 26.4 Å². The summed E-state index contributed by atoms with van der Waals surface area (Å²) in [6.07, 6.45) is 4.40. The molecule has 0 heterocycles. The summed E-state index contributed by atoms with van der Waals surface area (Å²) in [5, 5.41) is 0. The molecule has 0 aromatic rings. The maximum atomic E-state index is 11.1. The van der Waals surface area contributed by atoms with E-state index >= 15 is 0 Å². The Labute approximate surface area is 80.7 Å². The van der Waals surface area contributed by atoms with Crippen molar-refractivity contribution in [2.24, 2.45) is 17.8 Å². The lowest BCUT2D eigenvalue weighted by molar-refractivity contribution is -0.142. The Morgan fingerprint density at radius 2 is 2.15 bits per heavy atom. The van der Waals surface area contributed by atoms with Gasteiger partial charge in [-0.05, 0) is 30.6 Å². The number of hydrogen-bond donors (Lipinski definition) is 0. The van der Waals surface area contributed by atoms with Crippen LogP contribution in [0.3, 0.4) is 0 Å². The average Bonchev–Trinajstić information content (AvgIpc) is 2.52. The van der Waals surface area contributed by atoms with Crippen molar-refractivity contribution in [2.75, 3.05) is 7.11 Å². The third-order valence-electron chi connectivity index (χ3n) is 3.23. The molecular formula is C11H20O2. The first-order valence-electron chi connectivity index (χ1n) is 5.22. The van der Waals surface area contributed by atoms with Gasteiger partial charge < -0.3 is 4.74 Å². The van der Waals surface area contributed by atoms with Gasteiger partial charge in [0.05, 0.1) is 7.11 Å². The standard InChI is InChI=1S/C11H20O2/c1-8(2)10-6-4-5-9(10)7-11(12)13-3/h8-10H,4-7H2,1-3H3. The van der Waals surface area contributed by atoms with E-state index < -0.39 is 0 Å². The van der Waals surface area contributed by atoms with Crippen LogP contribution in [0, 0.1) is 17.8 Å². The van der Waals surface area contributed by atoms with Crippen molar-refractivity contribution in [3.63, 3.8) is 0 Å². The van der Waals surface area contributed by atoms with Crippen LogP contribution in [0.2, 0.25) is 0 Å². The molecule has 0 aliphatic heterocycles. The fourth-order valence-electron chi connectivity index (χ4n) is 2.49. The van der Waals surface area contributed by atoms with Crippen molar-refractivity contribution in [1.29, 1.82) is 0 Å². The number of methoxy groups -OCH3 is 1. The van der Waals surface area contributed by atoms with Crippen LogP contribution in [-0.4, -0.2) is 13.1 Å². The Morgan fingerprint density at radius 3 is 2.69 bits per heavy atom. The van der Waals surface area contributed by atoms with Crippen LogP contribution in [0.15, 0.2) is 0 Å². The topological polar surface area (TPSA) is 26.3 Å². The van der Waals surface area contributed by atoms with Gasteiger partial charge in [-0.1, -0.05) is 20.3 Å². The van der Waals surface area contributed by atoms with E-state index in [0.29, 0.717) is 18.3 Å². The quantitative estimate of drug-likeness (QED) is 0.630. The number of carbonyl (C=O) groups is 1. The molecule has 0 radical (unpaired) electrons. The molecule has 1 rings (SSSR count). The second kappa shape index (κ2) is 4.64. The zero-order valence-corrected chi connectivity index (χ0v) is 8.88. The molecule has 1 aliphatic rings. The zero-order chi connectivity index (χ0) is 9.84. The highest BCUT2D eigenvalue weighted by Crippen LogP contribution is 2.38. The van der Waals surface area contributed by atoms with Crippen molar-refractivity contribution < 1.29 is 9.53 Å². The van der Waals surface area contributed by atoms with Gasteiger partial charge in [0.2, 0.25) is 0 Å². The fraction of sp³-hybridized carbons (Fsp3) is 0.909. The second-order valence-corrected chi connectivity index (χ2v) is 4.38. The summed E-state index contributed by atoms with van der Waals surface area (Å²) in [7, 11) is 1.47. The predicted molar refractivity (Wildman–Crippen MR) is 52.3 cm³/mol. The number of carbonyl (C=O) groups excluding carboxylic acids is 1. The second-order valence-electron chi connectivity index (χ2n) is 4.38. The third kappa shape index (κ3) is 2.71. The lowest BCUT2D eigenvalue weighted by Gasteiger charge is -2.21. The highest BCUT2D eigenvalue weighted by molar-refractivity contribution is 5.69. The SMILES string of the molecule is COC(=O)CC1CCCC1C(C)C. The minimum absolute atomic E-state index is 0.0439. The minimum Gasteiger partial charge on any atom is -0.469 e.